The lowest BCUT2D eigenvalue weighted by atomic mass is 10.0. The Morgan fingerprint density at radius 1 is 1.11 bits per heavy atom. The molecule has 5 rings (SSSR count). The van der Waals surface area contributed by atoms with Gasteiger partial charge in [0.1, 0.15) is 41.6 Å². The summed E-state index contributed by atoms with van der Waals surface area (Å²) in [5.41, 5.74) is 1.51. The molecule has 1 amide bonds. The topological polar surface area (TPSA) is 93.4 Å². The molecule has 1 aliphatic heterocycles. The molecule has 0 radical (unpaired) electrons. The number of nitrogens with one attached hydrogen (secondary N) is 1. The van der Waals surface area contributed by atoms with E-state index in [4.69, 9.17) is 18.6 Å². The Morgan fingerprint density at radius 2 is 1.89 bits per heavy atom. The lowest BCUT2D eigenvalue weighted by Crippen LogP contribution is -2.27. The second-order valence-electron chi connectivity index (χ2n) is 9.25. The highest BCUT2D eigenvalue weighted by atomic mass is 19.3. The minimum Gasteiger partial charge on any atom is -0.492 e. The fraction of sp³-hybridized carbons (Fsp3) is 0.444. The number of aliphatic hydroxyl groups excluding tert-OH is 1. The number of carbonyl (C=O) groups is 1. The van der Waals surface area contributed by atoms with E-state index in [9.17, 15) is 18.7 Å². The molecule has 2 fully saturated rings. The van der Waals surface area contributed by atoms with Gasteiger partial charge < -0.3 is 29.1 Å². The molecule has 198 valence electrons. The number of alkyl halides is 2. The number of furan rings is 1. The average Bonchev–Trinajstić information content (AvgIpc) is 3.35. The van der Waals surface area contributed by atoms with Gasteiger partial charge in [-0.3, -0.25) is 9.69 Å². The predicted molar refractivity (Wildman–Crippen MR) is 133 cm³/mol. The first kappa shape index (κ1) is 25.3. The quantitative estimate of drug-likeness (QED) is 0.368. The van der Waals surface area contributed by atoms with Gasteiger partial charge in [-0.2, -0.15) is 8.78 Å². The van der Waals surface area contributed by atoms with Crippen LogP contribution >= 0.6 is 0 Å². The van der Waals surface area contributed by atoms with Gasteiger partial charge in [-0.25, -0.2) is 0 Å². The summed E-state index contributed by atoms with van der Waals surface area (Å²) in [4.78, 5) is 15.3. The number of aliphatic hydroxyl groups is 1. The molecular formula is C27H30F2N2O6. The van der Waals surface area contributed by atoms with Crippen molar-refractivity contribution in [3.63, 3.8) is 0 Å². The Kier molecular flexibility index (Phi) is 7.76. The van der Waals surface area contributed by atoms with E-state index in [0.29, 0.717) is 29.1 Å². The maximum absolute atomic E-state index is 13.3. The van der Waals surface area contributed by atoms with Gasteiger partial charge in [-0.05, 0) is 68.6 Å². The monoisotopic (exact) mass is 516 g/mol. The third-order valence-corrected chi connectivity index (χ3v) is 6.50. The SMILES string of the molecule is O=C(NC1CC1)c1c(OCCO)cc(-c2coc3cc(OCCN4CCCC4)ccc23)cc1OC(F)F. The number of hydrogen-bond donors (Lipinski definition) is 2. The summed E-state index contributed by atoms with van der Waals surface area (Å²) in [5, 5.41) is 12.8. The average molecular weight is 517 g/mol. The van der Waals surface area contributed by atoms with Gasteiger partial charge in [0.15, 0.2) is 0 Å². The Hall–Kier alpha value is -3.37. The molecule has 2 heterocycles. The van der Waals surface area contributed by atoms with Gasteiger partial charge in [-0.15, -0.1) is 0 Å². The third kappa shape index (κ3) is 6.14. The molecular weight excluding hydrogens is 486 g/mol. The number of hydrogen-bond acceptors (Lipinski definition) is 7. The van der Waals surface area contributed by atoms with Crippen molar-refractivity contribution < 1.29 is 37.3 Å². The fourth-order valence-electron chi connectivity index (χ4n) is 4.53. The molecule has 1 saturated heterocycles. The largest absolute Gasteiger partial charge is 0.492 e. The molecule has 2 aromatic carbocycles. The van der Waals surface area contributed by atoms with E-state index < -0.39 is 12.5 Å². The second kappa shape index (κ2) is 11.4. The van der Waals surface area contributed by atoms with Crippen molar-refractivity contribution in [2.75, 3.05) is 39.5 Å². The summed E-state index contributed by atoms with van der Waals surface area (Å²) in [6.45, 7) is 0.0717. The lowest BCUT2D eigenvalue weighted by Gasteiger charge is -2.17. The maximum atomic E-state index is 13.3. The number of nitrogens with zero attached hydrogens (tertiary/aromatic N) is 1. The molecule has 8 nitrogen and oxygen atoms in total. The zero-order chi connectivity index (χ0) is 25.8. The highest BCUT2D eigenvalue weighted by Crippen LogP contribution is 2.40. The molecule has 0 bridgehead atoms. The fourth-order valence-corrected chi connectivity index (χ4v) is 4.53. The number of ether oxygens (including phenoxy) is 3. The Balaban J connectivity index is 1.44. The first-order valence-electron chi connectivity index (χ1n) is 12.6. The van der Waals surface area contributed by atoms with Crippen LogP contribution in [0.2, 0.25) is 0 Å². The highest BCUT2D eigenvalue weighted by molar-refractivity contribution is 6.02. The highest BCUT2D eigenvalue weighted by Gasteiger charge is 2.29. The van der Waals surface area contributed by atoms with Gasteiger partial charge >= 0.3 is 6.61 Å². The molecule has 10 heteroatoms. The van der Waals surface area contributed by atoms with Crippen LogP contribution in [-0.4, -0.2) is 68.0 Å². The molecule has 2 aliphatic rings. The van der Waals surface area contributed by atoms with Crippen molar-refractivity contribution in [1.29, 1.82) is 0 Å². The number of rotatable bonds is 12. The first-order chi connectivity index (χ1) is 18.0. The van der Waals surface area contributed by atoms with Crippen LogP contribution in [0.4, 0.5) is 8.78 Å². The molecule has 2 N–H and O–H groups in total. The molecule has 0 spiro atoms. The van der Waals surface area contributed by atoms with Crippen LogP contribution in [0.5, 0.6) is 17.2 Å². The normalized spacial score (nSPS) is 15.9. The van der Waals surface area contributed by atoms with Crippen molar-refractivity contribution in [2.45, 2.75) is 38.3 Å². The third-order valence-electron chi connectivity index (χ3n) is 6.50. The number of carbonyl (C=O) groups excluding carboxylic acids is 1. The molecule has 0 atom stereocenters. The van der Waals surface area contributed by atoms with Crippen LogP contribution in [0.1, 0.15) is 36.0 Å². The zero-order valence-electron chi connectivity index (χ0n) is 20.4. The molecule has 0 unspecified atom stereocenters. The standard InChI is InChI=1S/C27H30F2N2O6/c28-27(29)37-24-14-17(13-23(35-12-10-32)25(24)26(33)30-18-3-4-18)21-16-36-22-15-19(5-6-20(21)22)34-11-9-31-7-1-2-8-31/h5-6,13-16,18,27,32H,1-4,7-12H2,(H,30,33). The van der Waals surface area contributed by atoms with Crippen molar-refractivity contribution in [3.05, 3.63) is 42.2 Å². The number of amides is 1. The van der Waals surface area contributed by atoms with Crippen molar-refractivity contribution in [2.24, 2.45) is 0 Å². The van der Waals surface area contributed by atoms with Gasteiger partial charge in [-0.1, -0.05) is 0 Å². The second-order valence-corrected chi connectivity index (χ2v) is 9.25. The van der Waals surface area contributed by atoms with E-state index in [1.807, 2.05) is 12.1 Å². The molecule has 1 saturated carbocycles. The van der Waals surface area contributed by atoms with Gasteiger partial charge in [0.05, 0.1) is 12.9 Å². The predicted octanol–water partition coefficient (Wildman–Crippen LogP) is 4.44. The number of halogens is 2. The molecule has 37 heavy (non-hydrogen) atoms. The molecule has 1 aromatic heterocycles. The maximum Gasteiger partial charge on any atom is 0.387 e. The molecule has 3 aromatic rings. The number of likely N-dealkylation sites (tertiary alicyclic amines) is 1. The Labute approximate surface area is 213 Å². The van der Waals surface area contributed by atoms with Crippen LogP contribution in [0.25, 0.3) is 22.1 Å². The Morgan fingerprint density at radius 3 is 2.62 bits per heavy atom. The summed E-state index contributed by atoms with van der Waals surface area (Å²) >= 11 is 0. The van der Waals surface area contributed by atoms with E-state index in [-0.39, 0.29) is 36.3 Å². The summed E-state index contributed by atoms with van der Waals surface area (Å²) < 4.78 is 48.7. The van der Waals surface area contributed by atoms with Crippen molar-refractivity contribution in [1.82, 2.24) is 10.2 Å². The number of benzene rings is 2. The van der Waals surface area contributed by atoms with Crippen molar-refractivity contribution >= 4 is 16.9 Å². The van der Waals surface area contributed by atoms with E-state index in [0.717, 1.165) is 37.9 Å². The van der Waals surface area contributed by atoms with Gasteiger partial charge in [0.2, 0.25) is 0 Å². The van der Waals surface area contributed by atoms with E-state index in [2.05, 4.69) is 10.2 Å². The Bertz CT molecular complexity index is 1240. The smallest absolute Gasteiger partial charge is 0.387 e. The molecule has 1 aliphatic carbocycles. The van der Waals surface area contributed by atoms with E-state index in [1.54, 1.807) is 12.1 Å². The van der Waals surface area contributed by atoms with E-state index >= 15 is 0 Å². The van der Waals surface area contributed by atoms with E-state index in [1.165, 1.54) is 25.2 Å². The summed E-state index contributed by atoms with van der Waals surface area (Å²) in [6.07, 6.45) is 5.62. The minimum atomic E-state index is -3.14. The summed E-state index contributed by atoms with van der Waals surface area (Å²) in [6, 6.07) is 8.42. The van der Waals surface area contributed by atoms with Crippen LogP contribution in [0.15, 0.2) is 41.0 Å². The first-order valence-corrected chi connectivity index (χ1v) is 12.6. The summed E-state index contributed by atoms with van der Waals surface area (Å²) in [5.74, 6) is -0.162. The van der Waals surface area contributed by atoms with Crippen molar-refractivity contribution in [3.8, 4) is 28.4 Å². The summed E-state index contributed by atoms with van der Waals surface area (Å²) in [7, 11) is 0. The van der Waals surface area contributed by atoms with Crippen LogP contribution in [0.3, 0.4) is 0 Å². The zero-order valence-corrected chi connectivity index (χ0v) is 20.4. The van der Waals surface area contributed by atoms with Gasteiger partial charge in [0, 0.05) is 29.6 Å². The minimum absolute atomic E-state index is 0.00171. The lowest BCUT2D eigenvalue weighted by molar-refractivity contribution is -0.0502. The number of fused-ring (bicyclic) bond motifs is 1. The van der Waals surface area contributed by atoms with Crippen LogP contribution < -0.4 is 19.5 Å². The van der Waals surface area contributed by atoms with Crippen LogP contribution in [-0.2, 0) is 0 Å². The van der Waals surface area contributed by atoms with Crippen LogP contribution in [0, 0.1) is 0 Å². The van der Waals surface area contributed by atoms with Gasteiger partial charge in [0.25, 0.3) is 5.91 Å².